The zero-order valence-electron chi connectivity index (χ0n) is 16.3. The van der Waals surface area contributed by atoms with E-state index in [-0.39, 0.29) is 12.1 Å². The molecule has 1 N–H and O–H groups in total. The molecule has 0 unspecified atom stereocenters. The largest absolute Gasteiger partial charge is 0.490 e. The van der Waals surface area contributed by atoms with Gasteiger partial charge >= 0.3 is 12.1 Å². The average Bonchev–Trinajstić information content (AvgIpc) is 3.12. The summed E-state index contributed by atoms with van der Waals surface area (Å²) in [6.07, 6.45) is 4.15. The van der Waals surface area contributed by atoms with Crippen LogP contribution in [0.15, 0.2) is 43.0 Å². The van der Waals surface area contributed by atoms with Crippen molar-refractivity contribution in [2.75, 3.05) is 31.8 Å². The number of carbonyl (C=O) groups is 1. The lowest BCUT2D eigenvalue weighted by atomic mass is 10.0. The Hall–Kier alpha value is -2.79. The minimum Gasteiger partial charge on any atom is -0.475 e. The van der Waals surface area contributed by atoms with Crippen LogP contribution in [-0.2, 0) is 20.7 Å². The molecule has 11 heteroatoms. The van der Waals surface area contributed by atoms with E-state index in [0.29, 0.717) is 13.2 Å². The van der Waals surface area contributed by atoms with Crippen LogP contribution in [0.1, 0.15) is 12.0 Å². The number of rotatable bonds is 7. The van der Waals surface area contributed by atoms with Crippen molar-refractivity contribution in [2.45, 2.75) is 31.2 Å². The summed E-state index contributed by atoms with van der Waals surface area (Å²) >= 11 is 0. The Balaban J connectivity index is 0.000000396. The van der Waals surface area contributed by atoms with Gasteiger partial charge in [0.15, 0.2) is 0 Å². The van der Waals surface area contributed by atoms with Gasteiger partial charge in [-0.25, -0.2) is 14.8 Å². The van der Waals surface area contributed by atoms with E-state index in [0.717, 1.165) is 25.3 Å². The summed E-state index contributed by atoms with van der Waals surface area (Å²) in [5.41, 5.74) is 1.24. The molecule has 1 aliphatic heterocycles. The number of methoxy groups -OCH3 is 1. The molecule has 1 aliphatic rings. The summed E-state index contributed by atoms with van der Waals surface area (Å²) in [6, 6.07) is 6.16. The number of anilines is 1. The maximum Gasteiger partial charge on any atom is 0.490 e. The first-order chi connectivity index (χ1) is 14.3. The lowest BCUT2D eigenvalue weighted by molar-refractivity contribution is -0.192. The SMILES string of the molecule is COCCO[C@@H]1CCN(c2ncccn2)[C@H]1Cc1ccncc1.O=C(O)C(F)(F)F. The zero-order valence-corrected chi connectivity index (χ0v) is 16.3. The van der Waals surface area contributed by atoms with Crippen LogP contribution in [0.5, 0.6) is 0 Å². The first kappa shape index (κ1) is 23.5. The van der Waals surface area contributed by atoms with E-state index in [4.69, 9.17) is 19.4 Å². The van der Waals surface area contributed by atoms with Crippen LogP contribution >= 0.6 is 0 Å². The van der Waals surface area contributed by atoms with Gasteiger partial charge in [0, 0.05) is 38.4 Å². The standard InChI is InChI=1S/C17H22N4O2.C2HF3O2/c1-22-11-12-23-16-5-10-21(17-19-6-2-7-20-17)15(16)13-14-3-8-18-9-4-14;3-2(4,5)1(6)7/h2-4,6-9,15-16H,5,10-13H2,1H3;(H,6,7)/t15-,16+;/m0./s1. The third kappa shape index (κ3) is 7.23. The summed E-state index contributed by atoms with van der Waals surface area (Å²) in [6.45, 7) is 2.12. The number of ether oxygens (including phenoxy) is 2. The minimum atomic E-state index is -5.08. The summed E-state index contributed by atoms with van der Waals surface area (Å²) in [4.78, 5) is 24.0. The van der Waals surface area contributed by atoms with E-state index >= 15 is 0 Å². The lowest BCUT2D eigenvalue weighted by Crippen LogP contribution is -2.39. The van der Waals surface area contributed by atoms with Crippen LogP contribution in [0.25, 0.3) is 0 Å². The fourth-order valence-corrected chi connectivity index (χ4v) is 2.99. The maximum absolute atomic E-state index is 10.6. The molecular weight excluding hydrogens is 405 g/mol. The average molecular weight is 428 g/mol. The normalized spacial score (nSPS) is 18.6. The predicted molar refractivity (Wildman–Crippen MR) is 101 cm³/mol. The van der Waals surface area contributed by atoms with Gasteiger partial charge in [-0.05, 0) is 36.6 Å². The predicted octanol–water partition coefficient (Wildman–Crippen LogP) is 2.36. The van der Waals surface area contributed by atoms with Crippen LogP contribution in [0.2, 0.25) is 0 Å². The Morgan fingerprint density at radius 2 is 1.83 bits per heavy atom. The zero-order chi connectivity index (χ0) is 22.0. The molecular formula is C19H23F3N4O4. The number of aromatic nitrogens is 3. The van der Waals surface area contributed by atoms with Crippen molar-refractivity contribution in [1.82, 2.24) is 15.0 Å². The third-order valence-corrected chi connectivity index (χ3v) is 4.35. The molecule has 0 bridgehead atoms. The van der Waals surface area contributed by atoms with Crippen molar-refractivity contribution >= 4 is 11.9 Å². The molecule has 1 fully saturated rings. The van der Waals surface area contributed by atoms with Crippen LogP contribution in [0.3, 0.4) is 0 Å². The maximum atomic E-state index is 10.6. The minimum absolute atomic E-state index is 0.155. The molecule has 0 aliphatic carbocycles. The van der Waals surface area contributed by atoms with E-state index in [1.165, 1.54) is 5.56 Å². The van der Waals surface area contributed by atoms with Gasteiger partial charge in [0.2, 0.25) is 5.95 Å². The fourth-order valence-electron chi connectivity index (χ4n) is 2.99. The monoisotopic (exact) mass is 428 g/mol. The second-order valence-corrected chi connectivity index (χ2v) is 6.36. The van der Waals surface area contributed by atoms with Crippen molar-refractivity contribution in [3.8, 4) is 0 Å². The van der Waals surface area contributed by atoms with Crippen LogP contribution in [-0.4, -0.2) is 71.2 Å². The number of pyridine rings is 1. The van der Waals surface area contributed by atoms with Gasteiger partial charge < -0.3 is 19.5 Å². The second kappa shape index (κ2) is 11.4. The van der Waals surface area contributed by atoms with Crippen LogP contribution in [0, 0.1) is 0 Å². The van der Waals surface area contributed by atoms with Crippen molar-refractivity contribution < 1.29 is 32.5 Å². The summed E-state index contributed by atoms with van der Waals surface area (Å²) in [5, 5.41) is 7.12. The van der Waals surface area contributed by atoms with Crippen molar-refractivity contribution in [3.63, 3.8) is 0 Å². The van der Waals surface area contributed by atoms with Crippen molar-refractivity contribution in [2.24, 2.45) is 0 Å². The van der Waals surface area contributed by atoms with Gasteiger partial charge in [0.25, 0.3) is 0 Å². The molecule has 1 saturated heterocycles. The molecule has 0 radical (unpaired) electrons. The van der Waals surface area contributed by atoms with E-state index in [1.807, 2.05) is 18.5 Å². The van der Waals surface area contributed by atoms with E-state index in [1.54, 1.807) is 19.5 Å². The number of carboxylic acids is 1. The van der Waals surface area contributed by atoms with E-state index < -0.39 is 12.1 Å². The third-order valence-electron chi connectivity index (χ3n) is 4.35. The molecule has 2 aromatic rings. The molecule has 8 nitrogen and oxygen atoms in total. The van der Waals surface area contributed by atoms with Crippen LogP contribution in [0.4, 0.5) is 19.1 Å². The Kier molecular flexibility index (Phi) is 8.93. The van der Waals surface area contributed by atoms with Gasteiger partial charge in [-0.2, -0.15) is 13.2 Å². The quantitative estimate of drug-likeness (QED) is 0.672. The van der Waals surface area contributed by atoms with Crippen molar-refractivity contribution in [3.05, 3.63) is 48.5 Å². The molecule has 0 aromatic carbocycles. The fraction of sp³-hybridized carbons (Fsp3) is 0.474. The Morgan fingerprint density at radius 3 is 2.40 bits per heavy atom. The van der Waals surface area contributed by atoms with E-state index in [2.05, 4.69) is 32.0 Å². The van der Waals surface area contributed by atoms with Gasteiger partial charge in [-0.3, -0.25) is 4.98 Å². The molecule has 0 amide bonds. The Labute approximate surface area is 171 Å². The smallest absolute Gasteiger partial charge is 0.475 e. The van der Waals surface area contributed by atoms with E-state index in [9.17, 15) is 13.2 Å². The number of halogens is 3. The molecule has 0 spiro atoms. The van der Waals surface area contributed by atoms with Gasteiger partial charge in [0.1, 0.15) is 0 Å². The second-order valence-electron chi connectivity index (χ2n) is 6.36. The lowest BCUT2D eigenvalue weighted by Gasteiger charge is -2.28. The Morgan fingerprint density at radius 1 is 1.20 bits per heavy atom. The molecule has 164 valence electrons. The first-order valence-corrected chi connectivity index (χ1v) is 9.16. The topological polar surface area (TPSA) is 97.7 Å². The number of hydrogen-bond donors (Lipinski definition) is 1. The van der Waals surface area contributed by atoms with Crippen LogP contribution < -0.4 is 4.90 Å². The highest BCUT2D eigenvalue weighted by atomic mass is 19.4. The summed E-state index contributed by atoms with van der Waals surface area (Å²) < 4.78 is 42.9. The number of aliphatic carboxylic acids is 1. The first-order valence-electron chi connectivity index (χ1n) is 9.16. The molecule has 2 atom stereocenters. The molecule has 3 rings (SSSR count). The molecule has 0 saturated carbocycles. The summed E-state index contributed by atoms with van der Waals surface area (Å²) in [7, 11) is 1.69. The Bertz CT molecular complexity index is 765. The number of carboxylic acid groups (broad SMARTS) is 1. The number of alkyl halides is 3. The molecule has 30 heavy (non-hydrogen) atoms. The highest BCUT2D eigenvalue weighted by Crippen LogP contribution is 2.27. The van der Waals surface area contributed by atoms with Gasteiger partial charge in [0.05, 0.1) is 25.4 Å². The summed E-state index contributed by atoms with van der Waals surface area (Å²) in [5.74, 6) is -1.99. The highest BCUT2D eigenvalue weighted by molar-refractivity contribution is 5.73. The highest BCUT2D eigenvalue weighted by Gasteiger charge is 2.38. The number of nitrogens with zero attached hydrogens (tertiary/aromatic N) is 4. The van der Waals surface area contributed by atoms with Crippen molar-refractivity contribution in [1.29, 1.82) is 0 Å². The van der Waals surface area contributed by atoms with Gasteiger partial charge in [-0.15, -0.1) is 0 Å². The number of hydrogen-bond acceptors (Lipinski definition) is 7. The van der Waals surface area contributed by atoms with Gasteiger partial charge in [-0.1, -0.05) is 0 Å². The molecule has 2 aromatic heterocycles. The molecule has 3 heterocycles.